The molecule has 0 spiro atoms. The monoisotopic (exact) mass is 374 g/mol. The van der Waals surface area contributed by atoms with Gasteiger partial charge in [0.2, 0.25) is 5.88 Å². The van der Waals surface area contributed by atoms with Crippen molar-refractivity contribution in [3.05, 3.63) is 83.6 Å². The number of hydrogen-bond acceptors (Lipinski definition) is 6. The minimum Gasteiger partial charge on any atom is -0.465 e. The number of nitrogens with zero attached hydrogens (tertiary/aromatic N) is 2. The van der Waals surface area contributed by atoms with Crippen LogP contribution in [0.5, 0.6) is 11.6 Å². The lowest BCUT2D eigenvalue weighted by molar-refractivity contribution is 0.0599. The summed E-state index contributed by atoms with van der Waals surface area (Å²) in [5.74, 6) is -0.553. The van der Waals surface area contributed by atoms with E-state index in [1.165, 1.54) is 25.4 Å². The number of benzene rings is 2. The van der Waals surface area contributed by atoms with Crippen molar-refractivity contribution in [1.82, 2.24) is 4.98 Å². The zero-order valence-electron chi connectivity index (χ0n) is 14.8. The van der Waals surface area contributed by atoms with E-state index in [0.717, 1.165) is 4.90 Å². The Balaban J connectivity index is 1.55. The fraction of sp³-hybridized carbons (Fsp3) is 0.0476. The molecule has 1 aliphatic heterocycles. The molecular weight excluding hydrogens is 360 g/mol. The van der Waals surface area contributed by atoms with Gasteiger partial charge in [0.15, 0.2) is 0 Å². The first-order chi connectivity index (χ1) is 13.6. The van der Waals surface area contributed by atoms with Crippen molar-refractivity contribution in [2.75, 3.05) is 12.0 Å². The maximum atomic E-state index is 12.5. The first-order valence-electron chi connectivity index (χ1n) is 8.38. The second-order valence-electron chi connectivity index (χ2n) is 5.96. The maximum Gasteiger partial charge on any atom is 0.338 e. The van der Waals surface area contributed by atoms with Crippen molar-refractivity contribution in [1.29, 1.82) is 0 Å². The highest BCUT2D eigenvalue weighted by atomic mass is 16.5. The summed E-state index contributed by atoms with van der Waals surface area (Å²) in [6.07, 6.45) is 1.44. The predicted molar refractivity (Wildman–Crippen MR) is 99.7 cm³/mol. The molecule has 0 atom stereocenters. The van der Waals surface area contributed by atoms with E-state index < -0.39 is 5.97 Å². The Morgan fingerprint density at radius 3 is 2.18 bits per heavy atom. The number of amides is 2. The predicted octanol–water partition coefficient (Wildman–Crippen LogP) is 3.46. The SMILES string of the molecule is COC(=O)c1ccnc(Oc2ccc(N3C(=O)c4ccccc4C3=O)cc2)c1. The topological polar surface area (TPSA) is 85.8 Å². The molecule has 0 bridgehead atoms. The molecule has 0 fully saturated rings. The number of ether oxygens (including phenoxy) is 2. The Kier molecular flexibility index (Phi) is 4.33. The van der Waals surface area contributed by atoms with Crippen LogP contribution in [0, 0.1) is 0 Å². The minimum atomic E-state index is -0.492. The van der Waals surface area contributed by atoms with Crippen molar-refractivity contribution in [2.45, 2.75) is 0 Å². The number of anilines is 1. The van der Waals surface area contributed by atoms with Gasteiger partial charge in [0, 0.05) is 12.3 Å². The van der Waals surface area contributed by atoms with Gasteiger partial charge in [-0.15, -0.1) is 0 Å². The highest BCUT2D eigenvalue weighted by molar-refractivity contribution is 6.34. The van der Waals surface area contributed by atoms with Crippen molar-refractivity contribution < 1.29 is 23.9 Å². The van der Waals surface area contributed by atoms with Crippen LogP contribution in [-0.2, 0) is 4.74 Å². The van der Waals surface area contributed by atoms with Crippen LogP contribution in [0.3, 0.4) is 0 Å². The van der Waals surface area contributed by atoms with Crippen LogP contribution in [-0.4, -0.2) is 29.9 Å². The Labute approximate surface area is 160 Å². The molecule has 138 valence electrons. The zero-order valence-corrected chi connectivity index (χ0v) is 14.8. The number of esters is 1. The van der Waals surface area contributed by atoms with Crippen molar-refractivity contribution in [2.24, 2.45) is 0 Å². The standard InChI is InChI=1S/C21H14N2O5/c1-27-21(26)13-10-11-22-18(12-13)28-15-8-6-14(7-9-15)23-19(24)16-4-2-3-5-17(16)20(23)25/h2-12H,1H3. The molecule has 2 amide bonds. The lowest BCUT2D eigenvalue weighted by Gasteiger charge is -2.14. The summed E-state index contributed by atoms with van der Waals surface area (Å²) in [5, 5.41) is 0. The Morgan fingerprint density at radius 2 is 1.57 bits per heavy atom. The summed E-state index contributed by atoms with van der Waals surface area (Å²) >= 11 is 0. The number of pyridine rings is 1. The van der Waals surface area contributed by atoms with E-state index >= 15 is 0 Å². The van der Waals surface area contributed by atoms with Crippen molar-refractivity contribution >= 4 is 23.5 Å². The number of carbonyl (C=O) groups is 3. The molecule has 0 saturated carbocycles. The third-order valence-electron chi connectivity index (χ3n) is 4.27. The van der Waals surface area contributed by atoms with Crippen LogP contribution >= 0.6 is 0 Å². The molecule has 2 heterocycles. The van der Waals surface area contributed by atoms with E-state index in [4.69, 9.17) is 4.74 Å². The Hall–Kier alpha value is -4.00. The molecule has 0 aliphatic carbocycles. The number of carbonyl (C=O) groups excluding carboxylic acids is 3. The van der Waals surface area contributed by atoms with Gasteiger partial charge in [-0.1, -0.05) is 12.1 Å². The van der Waals surface area contributed by atoms with Crippen molar-refractivity contribution in [3.8, 4) is 11.6 Å². The third kappa shape index (κ3) is 2.99. The van der Waals surface area contributed by atoms with Gasteiger partial charge in [-0.3, -0.25) is 9.59 Å². The quantitative estimate of drug-likeness (QED) is 0.513. The van der Waals surface area contributed by atoms with Gasteiger partial charge in [-0.25, -0.2) is 14.7 Å². The molecule has 28 heavy (non-hydrogen) atoms. The molecule has 7 nitrogen and oxygen atoms in total. The van der Waals surface area contributed by atoms with E-state index in [1.54, 1.807) is 48.5 Å². The highest BCUT2D eigenvalue weighted by Crippen LogP contribution is 2.30. The molecule has 2 aromatic carbocycles. The van der Waals surface area contributed by atoms with Crippen LogP contribution in [0.25, 0.3) is 0 Å². The second kappa shape index (κ2) is 6.96. The van der Waals surface area contributed by atoms with Crippen LogP contribution in [0.1, 0.15) is 31.1 Å². The fourth-order valence-corrected chi connectivity index (χ4v) is 2.92. The lowest BCUT2D eigenvalue weighted by atomic mass is 10.1. The largest absolute Gasteiger partial charge is 0.465 e. The summed E-state index contributed by atoms with van der Waals surface area (Å²) in [7, 11) is 1.29. The molecule has 1 aliphatic rings. The molecule has 0 N–H and O–H groups in total. The maximum absolute atomic E-state index is 12.5. The zero-order chi connectivity index (χ0) is 19.7. The number of imide groups is 1. The van der Waals surface area contributed by atoms with Crippen LogP contribution in [0.15, 0.2) is 66.9 Å². The van der Waals surface area contributed by atoms with E-state index in [-0.39, 0.29) is 17.7 Å². The van der Waals surface area contributed by atoms with Gasteiger partial charge >= 0.3 is 5.97 Å². The van der Waals surface area contributed by atoms with Crippen LogP contribution < -0.4 is 9.64 Å². The smallest absolute Gasteiger partial charge is 0.338 e. The lowest BCUT2D eigenvalue weighted by Crippen LogP contribution is -2.29. The highest BCUT2D eigenvalue weighted by Gasteiger charge is 2.36. The minimum absolute atomic E-state index is 0.219. The first kappa shape index (κ1) is 17.4. The van der Waals surface area contributed by atoms with E-state index in [0.29, 0.717) is 28.1 Å². The van der Waals surface area contributed by atoms with Gasteiger partial charge in [0.05, 0.1) is 29.5 Å². The van der Waals surface area contributed by atoms with E-state index in [1.807, 2.05) is 0 Å². The van der Waals surface area contributed by atoms with E-state index in [2.05, 4.69) is 9.72 Å². The summed E-state index contributed by atoms with van der Waals surface area (Å²) in [4.78, 5) is 41.8. The molecular formula is C21H14N2O5. The second-order valence-corrected chi connectivity index (χ2v) is 5.96. The first-order valence-corrected chi connectivity index (χ1v) is 8.38. The fourth-order valence-electron chi connectivity index (χ4n) is 2.92. The number of rotatable bonds is 4. The number of fused-ring (bicyclic) bond motifs is 1. The summed E-state index contributed by atoms with van der Waals surface area (Å²) < 4.78 is 10.3. The van der Waals surface area contributed by atoms with Crippen LogP contribution in [0.4, 0.5) is 5.69 Å². The average Bonchev–Trinajstić information content (AvgIpc) is 2.99. The Morgan fingerprint density at radius 1 is 0.929 bits per heavy atom. The average molecular weight is 374 g/mol. The number of hydrogen-bond donors (Lipinski definition) is 0. The molecule has 0 radical (unpaired) electrons. The van der Waals surface area contributed by atoms with Gasteiger partial charge in [0.1, 0.15) is 5.75 Å². The number of aromatic nitrogens is 1. The molecule has 4 rings (SSSR count). The van der Waals surface area contributed by atoms with Gasteiger partial charge in [-0.2, -0.15) is 0 Å². The van der Waals surface area contributed by atoms with Gasteiger partial charge in [-0.05, 0) is 42.5 Å². The van der Waals surface area contributed by atoms with E-state index in [9.17, 15) is 14.4 Å². The van der Waals surface area contributed by atoms with Crippen LogP contribution in [0.2, 0.25) is 0 Å². The van der Waals surface area contributed by atoms with Gasteiger partial charge < -0.3 is 9.47 Å². The summed E-state index contributed by atoms with van der Waals surface area (Å²) in [6.45, 7) is 0. The number of methoxy groups -OCH3 is 1. The molecule has 0 unspecified atom stereocenters. The van der Waals surface area contributed by atoms with Gasteiger partial charge in [0.25, 0.3) is 11.8 Å². The molecule has 0 saturated heterocycles. The summed E-state index contributed by atoms with van der Waals surface area (Å²) in [5.41, 5.74) is 1.53. The third-order valence-corrected chi connectivity index (χ3v) is 4.27. The Bertz CT molecular complexity index is 1060. The van der Waals surface area contributed by atoms with Crippen molar-refractivity contribution in [3.63, 3.8) is 0 Å². The summed E-state index contributed by atoms with van der Waals surface area (Å²) in [6, 6.07) is 16.1. The normalized spacial score (nSPS) is 12.7. The molecule has 1 aromatic heterocycles. The molecule has 7 heteroatoms. The molecule has 3 aromatic rings.